The fourth-order valence-electron chi connectivity index (χ4n) is 1.93. The minimum atomic E-state index is -0.990. The molecule has 5 nitrogen and oxygen atoms in total. The molecule has 0 spiro atoms. The molecule has 1 aromatic rings. The van der Waals surface area contributed by atoms with Crippen molar-refractivity contribution in [3.8, 4) is 0 Å². The highest BCUT2D eigenvalue weighted by molar-refractivity contribution is 5.68. The standard InChI is InChI=1S/C10H11NO4/c12-6-7-4-11(10(13)14)5-8(7)9-2-1-3-15-9/h1-3,6-8H,4-5H2,(H,13,14)/t7-,8+/m1/s1. The number of hydrogen-bond acceptors (Lipinski definition) is 3. The second-order valence-corrected chi connectivity index (χ2v) is 3.61. The predicted octanol–water partition coefficient (Wildman–Crippen LogP) is 1.17. The van der Waals surface area contributed by atoms with Crippen LogP contribution in [0.1, 0.15) is 11.7 Å². The molecule has 15 heavy (non-hydrogen) atoms. The Bertz CT molecular complexity index is 360. The van der Waals surface area contributed by atoms with Gasteiger partial charge in [0.25, 0.3) is 0 Å². The Hall–Kier alpha value is -1.78. The van der Waals surface area contributed by atoms with Crippen molar-refractivity contribution in [1.82, 2.24) is 4.90 Å². The predicted molar refractivity (Wildman–Crippen MR) is 50.6 cm³/mol. The number of amides is 1. The van der Waals surface area contributed by atoms with Gasteiger partial charge < -0.3 is 19.2 Å². The second kappa shape index (κ2) is 3.76. The van der Waals surface area contributed by atoms with Crippen molar-refractivity contribution in [3.05, 3.63) is 24.2 Å². The first-order valence-corrected chi connectivity index (χ1v) is 4.69. The van der Waals surface area contributed by atoms with E-state index in [4.69, 9.17) is 9.52 Å². The lowest BCUT2D eigenvalue weighted by molar-refractivity contribution is -0.111. The molecule has 80 valence electrons. The van der Waals surface area contributed by atoms with Crippen molar-refractivity contribution in [2.24, 2.45) is 5.92 Å². The molecule has 0 unspecified atom stereocenters. The lowest BCUT2D eigenvalue weighted by Crippen LogP contribution is -2.26. The van der Waals surface area contributed by atoms with E-state index in [1.54, 1.807) is 12.1 Å². The van der Waals surface area contributed by atoms with Gasteiger partial charge in [-0.2, -0.15) is 0 Å². The van der Waals surface area contributed by atoms with Crippen LogP contribution < -0.4 is 0 Å². The Morgan fingerprint density at radius 3 is 2.93 bits per heavy atom. The average Bonchev–Trinajstić information content (AvgIpc) is 2.86. The lowest BCUT2D eigenvalue weighted by atomic mass is 9.95. The van der Waals surface area contributed by atoms with Gasteiger partial charge in [0.1, 0.15) is 12.0 Å². The van der Waals surface area contributed by atoms with Crippen molar-refractivity contribution in [2.75, 3.05) is 13.1 Å². The number of nitrogens with zero attached hydrogens (tertiary/aromatic N) is 1. The van der Waals surface area contributed by atoms with Crippen LogP contribution in [0.5, 0.6) is 0 Å². The summed E-state index contributed by atoms with van der Waals surface area (Å²) in [5, 5.41) is 8.82. The summed E-state index contributed by atoms with van der Waals surface area (Å²) in [5.41, 5.74) is 0. The smallest absolute Gasteiger partial charge is 0.407 e. The Morgan fingerprint density at radius 2 is 2.40 bits per heavy atom. The van der Waals surface area contributed by atoms with Gasteiger partial charge in [0.15, 0.2) is 0 Å². The lowest BCUT2D eigenvalue weighted by Gasteiger charge is -2.10. The molecule has 2 rings (SSSR count). The second-order valence-electron chi connectivity index (χ2n) is 3.61. The summed E-state index contributed by atoms with van der Waals surface area (Å²) in [6.45, 7) is 0.580. The average molecular weight is 209 g/mol. The number of carbonyl (C=O) groups excluding carboxylic acids is 1. The Balaban J connectivity index is 2.18. The normalized spacial score (nSPS) is 25.5. The quantitative estimate of drug-likeness (QED) is 0.742. The van der Waals surface area contributed by atoms with E-state index in [1.165, 1.54) is 11.2 Å². The highest BCUT2D eigenvalue weighted by Crippen LogP contribution is 2.31. The van der Waals surface area contributed by atoms with Gasteiger partial charge in [0.05, 0.1) is 6.26 Å². The van der Waals surface area contributed by atoms with Gasteiger partial charge in [-0.25, -0.2) is 4.79 Å². The Morgan fingerprint density at radius 1 is 1.60 bits per heavy atom. The van der Waals surface area contributed by atoms with Gasteiger partial charge in [-0.05, 0) is 12.1 Å². The third-order valence-electron chi connectivity index (χ3n) is 2.72. The summed E-state index contributed by atoms with van der Waals surface area (Å²) in [7, 11) is 0. The van der Waals surface area contributed by atoms with E-state index in [2.05, 4.69) is 0 Å². The summed E-state index contributed by atoms with van der Waals surface area (Å²) in [6, 6.07) is 3.51. The number of hydrogen-bond donors (Lipinski definition) is 1. The highest BCUT2D eigenvalue weighted by atomic mass is 16.4. The molecule has 1 saturated heterocycles. The summed E-state index contributed by atoms with van der Waals surface area (Å²) >= 11 is 0. The SMILES string of the molecule is O=C[C@H]1CN(C(=O)O)C[C@@H]1c1ccco1. The number of aldehydes is 1. The summed E-state index contributed by atoms with van der Waals surface area (Å²) in [4.78, 5) is 22.8. The van der Waals surface area contributed by atoms with Gasteiger partial charge in [0.2, 0.25) is 0 Å². The molecule has 1 fully saturated rings. The molecule has 1 amide bonds. The molecule has 0 bridgehead atoms. The molecular weight excluding hydrogens is 198 g/mol. The van der Waals surface area contributed by atoms with E-state index in [-0.39, 0.29) is 18.4 Å². The van der Waals surface area contributed by atoms with Crippen molar-refractivity contribution >= 4 is 12.4 Å². The third-order valence-corrected chi connectivity index (χ3v) is 2.72. The number of furan rings is 1. The minimum absolute atomic E-state index is 0.145. The molecule has 0 radical (unpaired) electrons. The molecular formula is C10H11NO4. The molecule has 0 aliphatic carbocycles. The Kier molecular flexibility index (Phi) is 2.45. The maximum absolute atomic E-state index is 10.8. The van der Waals surface area contributed by atoms with Crippen LogP contribution in [0.2, 0.25) is 0 Å². The number of likely N-dealkylation sites (tertiary alicyclic amines) is 1. The van der Waals surface area contributed by atoms with Gasteiger partial charge in [0, 0.05) is 24.9 Å². The zero-order valence-corrected chi connectivity index (χ0v) is 8.00. The van der Waals surface area contributed by atoms with Gasteiger partial charge in [-0.3, -0.25) is 0 Å². The first kappa shape index (κ1) is 9.76. The number of carbonyl (C=O) groups is 2. The molecule has 2 atom stereocenters. The topological polar surface area (TPSA) is 70.8 Å². The van der Waals surface area contributed by atoms with Gasteiger partial charge >= 0.3 is 6.09 Å². The zero-order valence-electron chi connectivity index (χ0n) is 8.00. The molecule has 1 N–H and O–H groups in total. The summed E-state index contributed by atoms with van der Waals surface area (Å²) in [5.74, 6) is 0.233. The minimum Gasteiger partial charge on any atom is -0.469 e. The van der Waals surface area contributed by atoms with E-state index in [9.17, 15) is 9.59 Å². The number of rotatable bonds is 2. The molecule has 2 heterocycles. The van der Waals surface area contributed by atoms with Gasteiger partial charge in [-0.1, -0.05) is 0 Å². The van der Waals surface area contributed by atoms with E-state index in [0.29, 0.717) is 12.3 Å². The molecule has 1 aliphatic rings. The van der Waals surface area contributed by atoms with Crippen LogP contribution in [-0.2, 0) is 4.79 Å². The van der Waals surface area contributed by atoms with Crippen molar-refractivity contribution in [2.45, 2.75) is 5.92 Å². The van der Waals surface area contributed by atoms with Crippen LogP contribution in [-0.4, -0.2) is 35.5 Å². The van der Waals surface area contributed by atoms with Crippen LogP contribution in [0.4, 0.5) is 4.79 Å². The molecule has 5 heteroatoms. The molecule has 1 aromatic heterocycles. The van der Waals surface area contributed by atoms with Crippen LogP contribution in [0.25, 0.3) is 0 Å². The van der Waals surface area contributed by atoms with Crippen LogP contribution in [0.15, 0.2) is 22.8 Å². The maximum atomic E-state index is 10.8. The monoisotopic (exact) mass is 209 g/mol. The van der Waals surface area contributed by atoms with Crippen LogP contribution >= 0.6 is 0 Å². The third kappa shape index (κ3) is 1.72. The van der Waals surface area contributed by atoms with Crippen molar-refractivity contribution in [1.29, 1.82) is 0 Å². The summed E-state index contributed by atoms with van der Waals surface area (Å²) in [6.07, 6.45) is 1.34. The first-order chi connectivity index (χ1) is 7.22. The fraction of sp³-hybridized carbons (Fsp3) is 0.400. The first-order valence-electron chi connectivity index (χ1n) is 4.69. The van der Waals surface area contributed by atoms with E-state index >= 15 is 0 Å². The van der Waals surface area contributed by atoms with Crippen molar-refractivity contribution in [3.63, 3.8) is 0 Å². The van der Waals surface area contributed by atoms with E-state index in [0.717, 1.165) is 6.29 Å². The van der Waals surface area contributed by atoms with Crippen LogP contribution in [0, 0.1) is 5.92 Å². The highest BCUT2D eigenvalue weighted by Gasteiger charge is 2.37. The van der Waals surface area contributed by atoms with E-state index < -0.39 is 6.09 Å². The number of carboxylic acid groups (broad SMARTS) is 1. The molecule has 1 aliphatic heterocycles. The maximum Gasteiger partial charge on any atom is 0.407 e. The van der Waals surface area contributed by atoms with Crippen molar-refractivity contribution < 1.29 is 19.1 Å². The van der Waals surface area contributed by atoms with Gasteiger partial charge in [-0.15, -0.1) is 0 Å². The van der Waals surface area contributed by atoms with E-state index in [1.807, 2.05) is 0 Å². The Labute approximate surface area is 86.3 Å². The fourth-order valence-corrected chi connectivity index (χ4v) is 1.93. The summed E-state index contributed by atoms with van der Waals surface area (Å²) < 4.78 is 5.20. The van der Waals surface area contributed by atoms with Crippen LogP contribution in [0.3, 0.4) is 0 Å². The molecule has 0 saturated carbocycles. The zero-order chi connectivity index (χ0) is 10.8. The largest absolute Gasteiger partial charge is 0.469 e. The molecule has 0 aromatic carbocycles.